The Labute approximate surface area is 167 Å². The lowest BCUT2D eigenvalue weighted by molar-refractivity contribution is 0.0828. The van der Waals surface area contributed by atoms with Crippen LogP contribution in [0.3, 0.4) is 0 Å². The highest BCUT2D eigenvalue weighted by Gasteiger charge is 2.28. The molecule has 2 aromatic rings. The first-order chi connectivity index (χ1) is 13.1. The molecule has 0 spiro atoms. The molecule has 1 saturated heterocycles. The normalized spacial score (nSPS) is 17.9. The number of halogens is 1. The van der Waals surface area contributed by atoms with Gasteiger partial charge in [0.1, 0.15) is 27.8 Å². The molecular formula is C20H26FN3O3S. The first-order valence-corrected chi connectivity index (χ1v) is 10.5. The minimum Gasteiger partial charge on any atom is -0.591 e. The van der Waals surface area contributed by atoms with Crippen LogP contribution in [0.2, 0.25) is 0 Å². The molecule has 2 heterocycles. The summed E-state index contributed by atoms with van der Waals surface area (Å²) in [5.74, 6) is 0.226. The van der Waals surface area contributed by atoms with Crippen molar-refractivity contribution in [2.75, 3.05) is 13.2 Å². The van der Waals surface area contributed by atoms with Crippen LogP contribution in [0, 0.1) is 5.82 Å². The molecule has 1 aromatic carbocycles. The van der Waals surface area contributed by atoms with Gasteiger partial charge in [0.25, 0.3) is 5.56 Å². The lowest BCUT2D eigenvalue weighted by Gasteiger charge is -2.24. The molecule has 1 fully saturated rings. The fourth-order valence-corrected chi connectivity index (χ4v) is 3.89. The van der Waals surface area contributed by atoms with E-state index in [2.05, 4.69) is 4.40 Å². The Bertz CT molecular complexity index is 975. The van der Waals surface area contributed by atoms with E-state index in [1.54, 1.807) is 14.0 Å². The predicted molar refractivity (Wildman–Crippen MR) is 110 cm³/mol. The van der Waals surface area contributed by atoms with Crippen molar-refractivity contribution in [3.8, 4) is 0 Å². The maximum atomic E-state index is 14.3. The number of hydrogen-bond acceptors (Lipinski definition) is 5. The second kappa shape index (κ2) is 7.93. The molecule has 0 radical (unpaired) electrons. The van der Waals surface area contributed by atoms with Gasteiger partial charge in [0.2, 0.25) is 0 Å². The molecule has 1 unspecified atom stereocenters. The third-order valence-electron chi connectivity index (χ3n) is 4.90. The van der Waals surface area contributed by atoms with Gasteiger partial charge < -0.3 is 9.29 Å². The zero-order valence-electron chi connectivity index (χ0n) is 16.9. The number of benzene rings is 1. The van der Waals surface area contributed by atoms with Crippen LogP contribution in [0.5, 0.6) is 0 Å². The van der Waals surface area contributed by atoms with E-state index in [1.165, 1.54) is 16.7 Å². The van der Waals surface area contributed by atoms with Crippen molar-refractivity contribution in [3.05, 3.63) is 39.7 Å². The van der Waals surface area contributed by atoms with Crippen LogP contribution in [0.15, 0.2) is 21.3 Å². The van der Waals surface area contributed by atoms with Crippen LogP contribution in [-0.2, 0) is 23.1 Å². The lowest BCUT2D eigenvalue weighted by atomic mass is 9.98. The molecule has 0 aliphatic carbocycles. The van der Waals surface area contributed by atoms with Crippen molar-refractivity contribution in [1.29, 1.82) is 0 Å². The Balaban J connectivity index is 2.21. The summed E-state index contributed by atoms with van der Waals surface area (Å²) in [6.45, 7) is 8.38. The molecule has 3 rings (SSSR count). The predicted octanol–water partition coefficient (Wildman–Crippen LogP) is 3.24. The Morgan fingerprint density at radius 1 is 1.36 bits per heavy atom. The molecule has 0 bridgehead atoms. The third kappa shape index (κ3) is 4.14. The van der Waals surface area contributed by atoms with Crippen molar-refractivity contribution in [3.63, 3.8) is 0 Å². The van der Waals surface area contributed by atoms with Crippen LogP contribution in [0.4, 0.5) is 4.39 Å². The van der Waals surface area contributed by atoms with E-state index in [0.717, 1.165) is 12.8 Å². The van der Waals surface area contributed by atoms with Gasteiger partial charge in [0, 0.05) is 31.7 Å². The summed E-state index contributed by atoms with van der Waals surface area (Å²) < 4.78 is 37.3. The fraction of sp³-hybridized carbons (Fsp3) is 0.550. The summed E-state index contributed by atoms with van der Waals surface area (Å²) >= 11 is -1.50. The van der Waals surface area contributed by atoms with Crippen molar-refractivity contribution in [2.45, 2.75) is 51.2 Å². The van der Waals surface area contributed by atoms with E-state index >= 15 is 0 Å². The largest absolute Gasteiger partial charge is 0.591 e. The monoisotopic (exact) mass is 407 g/mol. The molecule has 1 aromatic heterocycles. The lowest BCUT2D eigenvalue weighted by Crippen LogP contribution is -2.28. The standard InChI is InChI=1S/C20H26FN3O3S/c1-12(23-28(26)20(2,3)4)15-10-14(21)11-16-17(15)22-18(24(5)19(16)25)13-6-8-27-9-7-13/h10-11,13H,6-9H2,1-5H3. The number of ether oxygens (including phenoxy) is 1. The summed E-state index contributed by atoms with van der Waals surface area (Å²) in [4.78, 5) is 17.7. The van der Waals surface area contributed by atoms with Crippen LogP contribution >= 0.6 is 0 Å². The van der Waals surface area contributed by atoms with Gasteiger partial charge in [0.05, 0.1) is 16.6 Å². The molecule has 1 atom stereocenters. The minimum absolute atomic E-state index is 0.106. The molecule has 1 aliphatic heterocycles. The van der Waals surface area contributed by atoms with Gasteiger partial charge in [-0.2, -0.15) is 0 Å². The highest BCUT2D eigenvalue weighted by molar-refractivity contribution is 7.91. The number of aromatic nitrogens is 2. The Hall–Kier alpha value is -1.77. The van der Waals surface area contributed by atoms with Crippen molar-refractivity contribution in [2.24, 2.45) is 11.4 Å². The Kier molecular flexibility index (Phi) is 5.93. The molecule has 0 saturated carbocycles. The summed E-state index contributed by atoms with van der Waals surface area (Å²) in [5, 5.41) is 0.199. The Morgan fingerprint density at radius 3 is 2.61 bits per heavy atom. The van der Waals surface area contributed by atoms with Crippen LogP contribution in [0.1, 0.15) is 57.8 Å². The van der Waals surface area contributed by atoms with E-state index in [0.29, 0.717) is 35.8 Å². The van der Waals surface area contributed by atoms with Gasteiger partial charge in [-0.25, -0.2) is 9.37 Å². The molecule has 8 heteroatoms. The fourth-order valence-electron chi connectivity index (χ4n) is 3.26. The smallest absolute Gasteiger partial charge is 0.261 e. The Morgan fingerprint density at radius 2 is 2.00 bits per heavy atom. The first-order valence-electron chi connectivity index (χ1n) is 9.35. The second-order valence-corrected chi connectivity index (χ2v) is 10.0. The summed E-state index contributed by atoms with van der Waals surface area (Å²) in [6.07, 6.45) is 1.56. The van der Waals surface area contributed by atoms with E-state index < -0.39 is 21.9 Å². The first kappa shape index (κ1) is 21.0. The van der Waals surface area contributed by atoms with Gasteiger partial charge in [-0.15, -0.1) is 0 Å². The average molecular weight is 408 g/mol. The van der Waals surface area contributed by atoms with Gasteiger partial charge in [-0.05, 0) is 52.7 Å². The zero-order chi connectivity index (χ0) is 20.6. The zero-order valence-corrected chi connectivity index (χ0v) is 17.7. The quantitative estimate of drug-likeness (QED) is 0.578. The highest BCUT2D eigenvalue weighted by atomic mass is 32.2. The molecule has 0 N–H and O–H groups in total. The number of hydrogen-bond donors (Lipinski definition) is 0. The van der Waals surface area contributed by atoms with E-state index in [9.17, 15) is 13.7 Å². The number of rotatable bonds is 3. The molecule has 0 amide bonds. The maximum Gasteiger partial charge on any atom is 0.261 e. The summed E-state index contributed by atoms with van der Waals surface area (Å²) in [6, 6.07) is 2.51. The maximum absolute atomic E-state index is 14.3. The van der Waals surface area contributed by atoms with E-state index in [1.807, 2.05) is 20.8 Å². The number of fused-ring (bicyclic) bond motifs is 1. The van der Waals surface area contributed by atoms with E-state index in [-0.39, 0.29) is 16.9 Å². The van der Waals surface area contributed by atoms with Crippen LogP contribution in [0.25, 0.3) is 10.9 Å². The molecular weight excluding hydrogens is 381 g/mol. The average Bonchev–Trinajstić information content (AvgIpc) is 2.64. The molecule has 6 nitrogen and oxygen atoms in total. The molecule has 28 heavy (non-hydrogen) atoms. The highest BCUT2D eigenvalue weighted by Crippen LogP contribution is 2.27. The molecule has 152 valence electrons. The van der Waals surface area contributed by atoms with Crippen molar-refractivity contribution in [1.82, 2.24) is 9.55 Å². The SMILES string of the molecule is CC(=N[S+]([O-])C(C)(C)C)c1cc(F)cc2c(=O)n(C)c(C3CCOCC3)nc12. The van der Waals surface area contributed by atoms with Gasteiger partial charge in [-0.1, -0.05) is 4.40 Å². The van der Waals surface area contributed by atoms with Crippen molar-refractivity contribution >= 4 is 28.0 Å². The van der Waals surface area contributed by atoms with Crippen molar-refractivity contribution < 1.29 is 13.7 Å². The second-order valence-electron chi connectivity index (χ2n) is 8.11. The molecule has 1 aliphatic rings. The van der Waals surface area contributed by atoms with Crippen LogP contribution < -0.4 is 5.56 Å². The number of nitrogens with zero attached hydrogens (tertiary/aromatic N) is 3. The van der Waals surface area contributed by atoms with Gasteiger partial charge in [0.15, 0.2) is 0 Å². The summed E-state index contributed by atoms with van der Waals surface area (Å²) in [5.41, 5.74) is 0.908. The topological polar surface area (TPSA) is 79.5 Å². The third-order valence-corrected chi connectivity index (χ3v) is 6.39. The van der Waals surface area contributed by atoms with Gasteiger partial charge in [-0.3, -0.25) is 9.36 Å². The van der Waals surface area contributed by atoms with Crippen LogP contribution in [-0.4, -0.2) is 37.8 Å². The summed E-state index contributed by atoms with van der Waals surface area (Å²) in [7, 11) is 1.67. The van der Waals surface area contributed by atoms with E-state index in [4.69, 9.17) is 9.72 Å². The minimum atomic E-state index is -1.50. The van der Waals surface area contributed by atoms with Gasteiger partial charge >= 0.3 is 0 Å².